The molecule has 4 rings (SSSR count). The Morgan fingerprint density at radius 1 is 1.30 bits per heavy atom. The van der Waals surface area contributed by atoms with Crippen LogP contribution in [-0.2, 0) is 6.54 Å². The second-order valence-electron chi connectivity index (χ2n) is 6.18. The van der Waals surface area contributed by atoms with Crippen molar-refractivity contribution >= 4 is 50.5 Å². The topological polar surface area (TPSA) is 120 Å². The Balaban J connectivity index is 1.72. The summed E-state index contributed by atoms with van der Waals surface area (Å²) >= 11 is 9.30. The summed E-state index contributed by atoms with van der Waals surface area (Å²) in [7, 11) is 0. The first-order valence-electron chi connectivity index (χ1n) is 8.70. The van der Waals surface area contributed by atoms with Gasteiger partial charge in [0, 0.05) is 36.1 Å². The number of nitrogens with zero attached hydrogens (tertiary/aromatic N) is 6. The van der Waals surface area contributed by atoms with E-state index in [-0.39, 0.29) is 22.1 Å². The molecule has 0 unspecified atom stereocenters. The van der Waals surface area contributed by atoms with E-state index in [4.69, 9.17) is 11.6 Å². The molecule has 10 nitrogen and oxygen atoms in total. The van der Waals surface area contributed by atoms with Crippen LogP contribution >= 0.6 is 27.5 Å². The Bertz CT molecular complexity index is 1300. The Hall–Kier alpha value is -3.31. The number of aromatic nitrogens is 5. The number of rotatable bonds is 5. The monoisotopic (exact) mass is 489 g/mol. The number of benzene rings is 1. The summed E-state index contributed by atoms with van der Waals surface area (Å²) in [5, 5.41) is 22.8. The maximum atomic E-state index is 12.7. The zero-order chi connectivity index (χ0) is 21.4. The quantitative estimate of drug-likeness (QED) is 0.331. The summed E-state index contributed by atoms with van der Waals surface area (Å²) in [5.74, 6) is -0.616. The van der Waals surface area contributed by atoms with E-state index in [0.717, 1.165) is 4.47 Å². The minimum atomic E-state index is -0.619. The number of nitro groups is 1. The average Bonchev–Trinajstić information content (AvgIpc) is 3.32. The van der Waals surface area contributed by atoms with Crippen molar-refractivity contribution in [3.63, 3.8) is 0 Å². The fourth-order valence-electron chi connectivity index (χ4n) is 2.87. The minimum Gasteiger partial charge on any atom is -0.315 e. The molecule has 30 heavy (non-hydrogen) atoms. The van der Waals surface area contributed by atoms with Gasteiger partial charge in [-0.05, 0) is 41.1 Å². The fourth-order valence-corrected chi connectivity index (χ4v) is 3.55. The van der Waals surface area contributed by atoms with Crippen LogP contribution in [0.5, 0.6) is 0 Å². The molecule has 3 aromatic heterocycles. The standard InChI is InChI=1S/C18H13BrClN7O3/c1-2-25-9-11(19)17(24-25)14-5-6-21-16-8-13(23-26(14)16)18(28)22-12-4-3-10(20)7-15(12)27(29)30/h3-9H,2H2,1H3,(H,22,28). The second-order valence-corrected chi connectivity index (χ2v) is 7.47. The van der Waals surface area contributed by atoms with Crippen molar-refractivity contribution in [3.05, 3.63) is 68.0 Å². The van der Waals surface area contributed by atoms with Crippen molar-refractivity contribution in [3.8, 4) is 11.4 Å². The number of carbonyl (C=O) groups is 1. The van der Waals surface area contributed by atoms with Crippen LogP contribution in [0.15, 0.2) is 47.2 Å². The van der Waals surface area contributed by atoms with Crippen molar-refractivity contribution in [2.24, 2.45) is 0 Å². The first kappa shape index (κ1) is 20.0. The molecule has 1 N–H and O–H groups in total. The molecule has 0 aliphatic heterocycles. The van der Waals surface area contributed by atoms with Crippen molar-refractivity contribution in [2.75, 3.05) is 5.32 Å². The van der Waals surface area contributed by atoms with E-state index in [1.807, 2.05) is 13.1 Å². The highest BCUT2D eigenvalue weighted by Gasteiger charge is 2.21. The predicted octanol–water partition coefficient (Wildman–Crippen LogP) is 4.19. The van der Waals surface area contributed by atoms with Gasteiger partial charge < -0.3 is 5.32 Å². The van der Waals surface area contributed by atoms with E-state index in [1.54, 1.807) is 16.9 Å². The van der Waals surface area contributed by atoms with Crippen LogP contribution in [0.2, 0.25) is 5.02 Å². The van der Waals surface area contributed by atoms with Crippen LogP contribution in [-0.4, -0.2) is 35.2 Å². The van der Waals surface area contributed by atoms with Crippen LogP contribution < -0.4 is 5.32 Å². The lowest BCUT2D eigenvalue weighted by Crippen LogP contribution is -2.14. The van der Waals surface area contributed by atoms with E-state index in [1.165, 1.54) is 28.8 Å². The van der Waals surface area contributed by atoms with Crippen LogP contribution in [0.4, 0.5) is 11.4 Å². The molecule has 0 fully saturated rings. The molecule has 152 valence electrons. The lowest BCUT2D eigenvalue weighted by atomic mass is 10.2. The molecule has 12 heteroatoms. The van der Waals surface area contributed by atoms with E-state index in [0.29, 0.717) is 23.6 Å². The molecule has 0 radical (unpaired) electrons. The molecule has 4 aromatic rings. The Morgan fingerprint density at radius 3 is 2.80 bits per heavy atom. The summed E-state index contributed by atoms with van der Waals surface area (Å²) in [4.78, 5) is 27.6. The summed E-state index contributed by atoms with van der Waals surface area (Å²) in [6, 6.07) is 7.22. The van der Waals surface area contributed by atoms with Crippen LogP contribution in [0.1, 0.15) is 17.4 Å². The summed E-state index contributed by atoms with van der Waals surface area (Å²) in [5.41, 5.74) is 1.46. The number of aryl methyl sites for hydroxylation is 1. The Morgan fingerprint density at radius 2 is 2.10 bits per heavy atom. The number of nitro benzene ring substituents is 1. The molecular weight excluding hydrogens is 478 g/mol. The molecule has 0 atom stereocenters. The zero-order valence-electron chi connectivity index (χ0n) is 15.4. The number of hydrogen-bond acceptors (Lipinski definition) is 6. The SMILES string of the molecule is CCn1cc(Br)c(-c2ccnc3cc(C(=O)Nc4ccc(Cl)cc4[N+](=O)[O-])nn23)n1. The average molecular weight is 491 g/mol. The molecule has 0 saturated heterocycles. The van der Waals surface area contributed by atoms with Crippen molar-refractivity contribution < 1.29 is 9.72 Å². The first-order chi connectivity index (χ1) is 14.4. The lowest BCUT2D eigenvalue weighted by Gasteiger charge is -2.04. The van der Waals surface area contributed by atoms with E-state index in [9.17, 15) is 14.9 Å². The smallest absolute Gasteiger partial charge is 0.294 e. The molecule has 0 bridgehead atoms. The number of nitrogens with one attached hydrogen (secondary N) is 1. The Kier molecular flexibility index (Phi) is 5.22. The van der Waals surface area contributed by atoms with Crippen LogP contribution in [0.25, 0.3) is 17.0 Å². The number of hydrogen-bond donors (Lipinski definition) is 1. The Labute approximate surface area is 182 Å². The van der Waals surface area contributed by atoms with Gasteiger partial charge in [-0.2, -0.15) is 10.2 Å². The summed E-state index contributed by atoms with van der Waals surface area (Å²) < 4.78 is 4.04. The highest BCUT2D eigenvalue weighted by atomic mass is 79.9. The maximum absolute atomic E-state index is 12.7. The predicted molar refractivity (Wildman–Crippen MR) is 114 cm³/mol. The molecule has 0 spiro atoms. The summed E-state index contributed by atoms with van der Waals surface area (Å²) in [6.07, 6.45) is 3.44. The number of carbonyl (C=O) groups excluding carboxylic acids is 1. The number of anilines is 1. The minimum absolute atomic E-state index is 0.0177. The van der Waals surface area contributed by atoms with Gasteiger partial charge in [0.2, 0.25) is 0 Å². The van der Waals surface area contributed by atoms with Crippen LogP contribution in [0.3, 0.4) is 0 Å². The van der Waals surface area contributed by atoms with Gasteiger partial charge in [0.05, 0.1) is 15.1 Å². The molecule has 0 aliphatic carbocycles. The molecule has 1 aromatic carbocycles. The van der Waals surface area contributed by atoms with E-state index in [2.05, 4.69) is 36.4 Å². The maximum Gasteiger partial charge on any atom is 0.294 e. The van der Waals surface area contributed by atoms with Crippen molar-refractivity contribution in [2.45, 2.75) is 13.5 Å². The second kappa shape index (κ2) is 7.84. The van der Waals surface area contributed by atoms with Crippen molar-refractivity contribution in [1.29, 1.82) is 0 Å². The van der Waals surface area contributed by atoms with E-state index >= 15 is 0 Å². The van der Waals surface area contributed by atoms with Gasteiger partial charge in [0.15, 0.2) is 11.3 Å². The van der Waals surface area contributed by atoms with Crippen molar-refractivity contribution in [1.82, 2.24) is 24.4 Å². The van der Waals surface area contributed by atoms with Gasteiger partial charge >= 0.3 is 0 Å². The van der Waals surface area contributed by atoms with Gasteiger partial charge in [-0.15, -0.1) is 0 Å². The van der Waals surface area contributed by atoms with Gasteiger partial charge in [-0.3, -0.25) is 19.6 Å². The number of fused-ring (bicyclic) bond motifs is 1. The third kappa shape index (κ3) is 3.64. The lowest BCUT2D eigenvalue weighted by molar-refractivity contribution is -0.383. The largest absolute Gasteiger partial charge is 0.315 e. The molecular formula is C18H13BrClN7O3. The number of halogens is 2. The van der Waals surface area contributed by atoms with Gasteiger partial charge in [0.25, 0.3) is 11.6 Å². The molecule has 0 aliphatic rings. The van der Waals surface area contributed by atoms with Gasteiger partial charge in [-0.25, -0.2) is 9.50 Å². The van der Waals surface area contributed by atoms with Gasteiger partial charge in [-0.1, -0.05) is 11.6 Å². The fraction of sp³-hybridized carbons (Fsp3) is 0.111. The van der Waals surface area contributed by atoms with Crippen LogP contribution in [0, 0.1) is 10.1 Å². The highest BCUT2D eigenvalue weighted by Crippen LogP contribution is 2.29. The third-order valence-corrected chi connectivity index (χ3v) is 5.09. The first-order valence-corrected chi connectivity index (χ1v) is 9.88. The molecule has 3 heterocycles. The molecule has 1 amide bonds. The third-order valence-electron chi connectivity index (χ3n) is 4.28. The normalized spacial score (nSPS) is 11.0. The zero-order valence-corrected chi connectivity index (χ0v) is 17.8. The van der Waals surface area contributed by atoms with Gasteiger partial charge in [0.1, 0.15) is 11.4 Å². The highest BCUT2D eigenvalue weighted by molar-refractivity contribution is 9.10. The number of amides is 1. The molecule has 0 saturated carbocycles. The summed E-state index contributed by atoms with van der Waals surface area (Å²) in [6.45, 7) is 2.66. The van der Waals surface area contributed by atoms with E-state index < -0.39 is 10.8 Å².